The second-order valence-electron chi connectivity index (χ2n) is 32.2. The summed E-state index contributed by atoms with van der Waals surface area (Å²) < 4.78 is 193. The molecule has 3 aliphatic heterocycles. The highest BCUT2D eigenvalue weighted by Crippen LogP contribution is 2.71. The number of ether oxygens (including phenoxy) is 6. The van der Waals surface area contributed by atoms with E-state index in [-0.39, 0.29) is 65.0 Å². The predicted molar refractivity (Wildman–Crippen MR) is 309 cm³/mol. The summed E-state index contributed by atoms with van der Waals surface area (Å²) in [5.74, 6) is -2.22. The molecule has 12 aliphatic rings. The van der Waals surface area contributed by atoms with E-state index >= 15 is 0 Å². The van der Waals surface area contributed by atoms with E-state index in [2.05, 4.69) is 13.8 Å². The summed E-state index contributed by atoms with van der Waals surface area (Å²) in [4.78, 5) is 60.9. The number of alkyl halides is 12. The molecular weight excluding hydrogens is 1260 g/mol. The molecular formula is C67H98F12O14. The van der Waals surface area contributed by atoms with E-state index in [1.165, 1.54) is 52.9 Å². The topological polar surface area (TPSA) is 201 Å². The van der Waals surface area contributed by atoms with Crippen LogP contribution in [0.1, 0.15) is 218 Å². The molecule has 16 unspecified atom stereocenters. The Morgan fingerprint density at radius 3 is 1.40 bits per heavy atom. The smallest absolute Gasteiger partial charge is 0.426 e. The van der Waals surface area contributed by atoms with Crippen molar-refractivity contribution in [3.63, 3.8) is 0 Å². The van der Waals surface area contributed by atoms with E-state index in [9.17, 15) is 92.0 Å². The molecule has 12 fully saturated rings. The number of hydrogen-bond donors (Lipinski definition) is 3. The highest BCUT2D eigenvalue weighted by molar-refractivity contribution is 5.79. The Morgan fingerprint density at radius 1 is 0.516 bits per heavy atom. The van der Waals surface area contributed by atoms with Gasteiger partial charge in [0.15, 0.2) is 12.2 Å². The Labute approximate surface area is 537 Å². The summed E-state index contributed by atoms with van der Waals surface area (Å²) in [6.45, 7) is 23.8. The zero-order valence-corrected chi connectivity index (χ0v) is 55.7. The van der Waals surface area contributed by atoms with Crippen molar-refractivity contribution in [3.05, 3.63) is 0 Å². The van der Waals surface area contributed by atoms with Gasteiger partial charge < -0.3 is 43.7 Å². The van der Waals surface area contributed by atoms with Crippen molar-refractivity contribution in [1.82, 2.24) is 0 Å². The summed E-state index contributed by atoms with van der Waals surface area (Å²) in [5.41, 5.74) is -15.2. The predicted octanol–water partition coefficient (Wildman–Crippen LogP) is 14.4. The number of fused-ring (bicyclic) bond motifs is 10. The van der Waals surface area contributed by atoms with Crippen LogP contribution in [0.4, 0.5) is 52.7 Å². The molecule has 0 radical (unpaired) electrons. The number of aliphatic hydroxyl groups is 3. The van der Waals surface area contributed by atoms with Gasteiger partial charge in [0.1, 0.15) is 23.4 Å². The molecule has 16 atom stereocenters. The average Bonchev–Trinajstić information content (AvgIpc) is 1.64. The lowest BCUT2D eigenvalue weighted by molar-refractivity contribution is -0.405. The van der Waals surface area contributed by atoms with E-state index < -0.39 is 113 Å². The summed E-state index contributed by atoms with van der Waals surface area (Å²) in [7, 11) is 0. The number of rotatable bonds is 15. The van der Waals surface area contributed by atoms with Crippen LogP contribution in [-0.4, -0.2) is 128 Å². The second-order valence-corrected chi connectivity index (χ2v) is 32.2. The lowest BCUT2D eigenvalue weighted by Gasteiger charge is -2.59. The van der Waals surface area contributed by atoms with Crippen LogP contribution < -0.4 is 0 Å². The fourth-order valence-corrected chi connectivity index (χ4v) is 18.0. The van der Waals surface area contributed by atoms with Gasteiger partial charge in [-0.05, 0) is 219 Å². The van der Waals surface area contributed by atoms with Gasteiger partial charge in [0, 0.05) is 24.2 Å². The quantitative estimate of drug-likeness (QED) is 0.0605. The second kappa shape index (κ2) is 25.3. The molecule has 10 bridgehead atoms. The van der Waals surface area contributed by atoms with Gasteiger partial charge in [-0.2, -0.15) is 52.7 Å². The van der Waals surface area contributed by atoms with Crippen molar-refractivity contribution >= 4 is 29.8 Å². The maximum absolute atomic E-state index is 13.3. The minimum absolute atomic E-state index is 0.0184. The van der Waals surface area contributed by atoms with E-state index in [0.717, 1.165) is 81.0 Å². The molecule has 0 spiro atoms. The van der Waals surface area contributed by atoms with E-state index in [1.807, 2.05) is 55.4 Å². The van der Waals surface area contributed by atoms with Gasteiger partial charge in [-0.15, -0.1) is 0 Å². The SMILES string of the molecule is CCC(C)(C)C(=O)OC1(CC)CC2CC1C1C3CCC(C3)C21.CCC(C)(C)C(=O)OC12CC3CC(CC(O)(C3)C1)C2.CCC(C)(C)C(=O)OC1C2CC3C(=O)OC1C3O2.CCC(C)(C)C(=O)OC1CC(C(O)(C(F)(F)F)C(F)(F)F)CC(C(O)(C(F)(F)F)C(F)(F)F)C1. The number of halogens is 12. The number of carbonyl (C=O) groups excluding carboxylic acids is 5. The summed E-state index contributed by atoms with van der Waals surface area (Å²) in [5, 5.41) is 29.9. The summed E-state index contributed by atoms with van der Waals surface area (Å²) >= 11 is 0. The van der Waals surface area contributed by atoms with E-state index in [1.54, 1.807) is 0 Å². The molecule has 3 heterocycles. The van der Waals surface area contributed by atoms with E-state index in [4.69, 9.17) is 28.4 Å². The van der Waals surface area contributed by atoms with Crippen molar-refractivity contribution in [3.8, 4) is 0 Å². The molecule has 14 nitrogen and oxygen atoms in total. The first-order valence-electron chi connectivity index (χ1n) is 33.6. The van der Waals surface area contributed by atoms with Crippen molar-refractivity contribution < 1.29 is 120 Å². The first kappa shape index (κ1) is 75.1. The van der Waals surface area contributed by atoms with Crippen LogP contribution in [0.3, 0.4) is 0 Å². The van der Waals surface area contributed by atoms with Crippen LogP contribution in [0.25, 0.3) is 0 Å². The maximum atomic E-state index is 13.3. The van der Waals surface area contributed by atoms with Crippen LogP contribution in [0, 0.1) is 86.8 Å². The fraction of sp³-hybridized carbons (Fsp3) is 0.925. The number of esters is 5. The highest BCUT2D eigenvalue weighted by Gasteiger charge is 2.79. The van der Waals surface area contributed by atoms with Crippen molar-refractivity contribution in [2.45, 2.75) is 302 Å². The third kappa shape index (κ3) is 13.7. The molecule has 0 aromatic heterocycles. The lowest BCUT2D eigenvalue weighted by Crippen LogP contribution is -2.67. The monoisotopic (exact) mass is 1350 g/mol. The Hall–Kier alpha value is -3.65. The summed E-state index contributed by atoms with van der Waals surface area (Å²) in [6.07, 6.45) is -18.6. The molecule has 0 amide bonds. The first-order valence-corrected chi connectivity index (χ1v) is 33.6. The van der Waals surface area contributed by atoms with Gasteiger partial charge in [-0.1, -0.05) is 34.6 Å². The van der Waals surface area contributed by atoms with Crippen molar-refractivity contribution in [2.24, 2.45) is 86.8 Å². The van der Waals surface area contributed by atoms with Gasteiger partial charge in [-0.3, -0.25) is 24.0 Å². The van der Waals surface area contributed by atoms with Gasteiger partial charge in [0.05, 0.1) is 39.3 Å². The zero-order chi connectivity index (χ0) is 70.0. The van der Waals surface area contributed by atoms with Crippen molar-refractivity contribution in [2.75, 3.05) is 0 Å². The average molecular weight is 1360 g/mol. The van der Waals surface area contributed by atoms with Gasteiger partial charge in [0.2, 0.25) is 0 Å². The molecule has 3 saturated heterocycles. The third-order valence-electron chi connectivity index (χ3n) is 24.7. The molecule has 9 saturated carbocycles. The number of hydrogen-bond acceptors (Lipinski definition) is 14. The molecule has 534 valence electrons. The highest BCUT2D eigenvalue weighted by atomic mass is 19.4. The van der Waals surface area contributed by atoms with Crippen LogP contribution >= 0.6 is 0 Å². The molecule has 0 aromatic rings. The Bertz CT molecular complexity index is 2670. The fourth-order valence-electron chi connectivity index (χ4n) is 18.0. The third-order valence-corrected chi connectivity index (χ3v) is 24.7. The molecule has 12 rings (SSSR count). The molecule has 3 N–H and O–H groups in total. The van der Waals surface area contributed by atoms with Gasteiger partial charge in [-0.25, -0.2) is 0 Å². The van der Waals surface area contributed by atoms with Crippen LogP contribution in [-0.2, 0) is 52.4 Å². The minimum atomic E-state index is -6.58. The zero-order valence-electron chi connectivity index (χ0n) is 55.7. The first-order chi connectivity index (χ1) is 42.4. The standard InChI is InChI=1S/C20H32O2.C18H22F12O4.C16H26O3.C13H18O5/c1-5-19(3,4)18(21)22-20(6-2)11-14-10-15(20)17-13-8-7-12(9-13)16(14)17;1-4-12(2,3)11(31)34-10-6-8(13(32,15(19,20)21)16(22,23)24)5-9(7-10)14(33,17(25,26)27)18(28,29)30;1-4-14(2,3)13(17)19-16-8-11-5-12(9-16)7-15(18,6-11)10-16;1-4-13(2,3)12(15)18-9-7-5-6-8(16-7)10(9)17-11(6)14/h12-17H,5-11H2,1-4H3;8-10,32-33H,4-7H2,1-3H3;11-12,18H,4-10H2,1-3H3;6-10H,4-5H2,1-3H3. The minimum Gasteiger partial charge on any atom is -0.462 e. The normalized spacial score (nSPS) is 37.4. The Balaban J connectivity index is 0.000000164. The van der Waals surface area contributed by atoms with Gasteiger partial charge >= 0.3 is 54.6 Å². The Kier molecular flexibility index (Phi) is 20.4. The molecule has 26 heteroatoms. The Morgan fingerprint density at radius 2 is 0.957 bits per heavy atom. The van der Waals surface area contributed by atoms with Crippen molar-refractivity contribution in [1.29, 1.82) is 0 Å². The molecule has 93 heavy (non-hydrogen) atoms. The molecule has 0 aromatic carbocycles. The maximum Gasteiger partial charge on any atom is 0.426 e. The van der Waals surface area contributed by atoms with Crippen LogP contribution in [0.2, 0.25) is 0 Å². The van der Waals surface area contributed by atoms with Gasteiger partial charge in [0.25, 0.3) is 11.2 Å². The van der Waals surface area contributed by atoms with Crippen LogP contribution in [0.5, 0.6) is 0 Å². The largest absolute Gasteiger partial charge is 0.462 e. The lowest BCUT2D eigenvalue weighted by atomic mass is 9.52. The van der Waals surface area contributed by atoms with Crippen LogP contribution in [0.15, 0.2) is 0 Å². The van der Waals surface area contributed by atoms with E-state index in [0.29, 0.717) is 37.0 Å². The molecule has 9 aliphatic carbocycles. The summed E-state index contributed by atoms with van der Waals surface area (Å²) in [6, 6.07) is 0. The number of carbonyl (C=O) groups is 5.